The molecule has 0 amide bonds. The minimum atomic E-state index is -0.434. The summed E-state index contributed by atoms with van der Waals surface area (Å²) in [6.07, 6.45) is 0. The van der Waals surface area contributed by atoms with Crippen LogP contribution in [-0.2, 0) is 0 Å². The highest BCUT2D eigenvalue weighted by atomic mass is 35.5. The van der Waals surface area contributed by atoms with Crippen molar-refractivity contribution in [1.29, 1.82) is 0 Å². The Morgan fingerprint density at radius 1 is 1.26 bits per heavy atom. The van der Waals surface area contributed by atoms with Gasteiger partial charge in [-0.1, -0.05) is 17.7 Å². The van der Waals surface area contributed by atoms with Gasteiger partial charge in [-0.05, 0) is 43.4 Å². The highest BCUT2D eigenvalue weighted by molar-refractivity contribution is 7.80. The van der Waals surface area contributed by atoms with E-state index in [2.05, 4.69) is 10.6 Å². The van der Waals surface area contributed by atoms with Crippen LogP contribution in [0.3, 0.4) is 0 Å². The summed E-state index contributed by atoms with van der Waals surface area (Å²) >= 11 is 11.2. The van der Waals surface area contributed by atoms with Crippen molar-refractivity contribution in [2.45, 2.75) is 6.92 Å². The van der Waals surface area contributed by atoms with Crippen molar-refractivity contribution in [1.82, 2.24) is 0 Å². The van der Waals surface area contributed by atoms with Gasteiger partial charge in [0.25, 0.3) is 5.69 Å². The fraction of sp³-hybridized carbons (Fsp3) is 0.133. The van der Waals surface area contributed by atoms with Crippen LogP contribution in [0.2, 0.25) is 5.02 Å². The minimum Gasteiger partial charge on any atom is -0.495 e. The second-order valence-electron chi connectivity index (χ2n) is 4.68. The van der Waals surface area contributed by atoms with Crippen LogP contribution < -0.4 is 15.4 Å². The number of nitrogens with zero attached hydrogens (tertiary/aromatic N) is 1. The average molecular weight is 352 g/mol. The Hall–Kier alpha value is -2.38. The molecule has 0 spiro atoms. The molecule has 0 fully saturated rings. The van der Waals surface area contributed by atoms with E-state index in [9.17, 15) is 10.1 Å². The second kappa shape index (κ2) is 7.26. The maximum absolute atomic E-state index is 11.0. The van der Waals surface area contributed by atoms with E-state index in [1.165, 1.54) is 13.2 Å². The predicted molar refractivity (Wildman–Crippen MR) is 95.7 cm³/mol. The summed E-state index contributed by atoms with van der Waals surface area (Å²) in [7, 11) is 1.54. The van der Waals surface area contributed by atoms with Gasteiger partial charge in [-0.15, -0.1) is 0 Å². The lowest BCUT2D eigenvalue weighted by atomic mass is 10.2. The van der Waals surface area contributed by atoms with Gasteiger partial charge in [0.2, 0.25) is 0 Å². The molecule has 0 bridgehead atoms. The van der Waals surface area contributed by atoms with Gasteiger partial charge >= 0.3 is 0 Å². The molecular formula is C15H14ClN3O3S. The average Bonchev–Trinajstić information content (AvgIpc) is 2.49. The predicted octanol–water partition coefficient (Wildman–Crippen LogP) is 4.37. The lowest BCUT2D eigenvalue weighted by molar-refractivity contribution is -0.385. The van der Waals surface area contributed by atoms with Crippen molar-refractivity contribution in [2.75, 3.05) is 17.7 Å². The lowest BCUT2D eigenvalue weighted by Crippen LogP contribution is -2.19. The maximum atomic E-state index is 11.0. The number of benzene rings is 2. The molecule has 0 aliphatic heterocycles. The summed E-state index contributed by atoms with van der Waals surface area (Å²) in [6, 6.07) is 9.88. The summed E-state index contributed by atoms with van der Waals surface area (Å²) in [4.78, 5) is 10.5. The zero-order valence-electron chi connectivity index (χ0n) is 12.4. The first kappa shape index (κ1) is 17.0. The van der Waals surface area contributed by atoms with E-state index in [1.807, 2.05) is 0 Å². The van der Waals surface area contributed by atoms with E-state index in [4.69, 9.17) is 28.6 Å². The third-order valence-electron chi connectivity index (χ3n) is 3.07. The molecule has 8 heteroatoms. The van der Waals surface area contributed by atoms with E-state index in [1.54, 1.807) is 37.3 Å². The first-order valence-electron chi connectivity index (χ1n) is 6.57. The van der Waals surface area contributed by atoms with Crippen LogP contribution in [0.25, 0.3) is 0 Å². The van der Waals surface area contributed by atoms with Crippen molar-refractivity contribution in [3.8, 4) is 5.75 Å². The number of halogens is 1. The number of methoxy groups -OCH3 is 1. The highest BCUT2D eigenvalue weighted by Gasteiger charge is 2.12. The number of ether oxygens (including phenoxy) is 1. The van der Waals surface area contributed by atoms with E-state index >= 15 is 0 Å². The van der Waals surface area contributed by atoms with Crippen LogP contribution in [0, 0.1) is 17.0 Å². The normalized spacial score (nSPS) is 10.0. The molecule has 2 rings (SSSR count). The Bertz CT molecular complexity index is 768. The molecule has 0 saturated carbocycles. The highest BCUT2D eigenvalue weighted by Crippen LogP contribution is 2.28. The molecule has 120 valence electrons. The number of thiocarbonyl (C=S) groups is 1. The molecule has 2 aromatic carbocycles. The number of nitro groups is 1. The molecule has 0 aromatic heterocycles. The van der Waals surface area contributed by atoms with Gasteiger partial charge in [0.05, 0.1) is 17.7 Å². The summed E-state index contributed by atoms with van der Waals surface area (Å²) in [5.74, 6) is 0.577. The van der Waals surface area contributed by atoms with E-state index < -0.39 is 4.92 Å². The van der Waals surface area contributed by atoms with E-state index in [0.29, 0.717) is 27.7 Å². The molecule has 0 aliphatic rings. The Kier molecular flexibility index (Phi) is 5.36. The zero-order valence-corrected chi connectivity index (χ0v) is 14.0. The fourth-order valence-electron chi connectivity index (χ4n) is 1.95. The molecule has 0 atom stereocenters. The van der Waals surface area contributed by atoms with Crippen LogP contribution >= 0.6 is 23.8 Å². The van der Waals surface area contributed by atoms with Gasteiger partial charge in [-0.25, -0.2) is 0 Å². The molecule has 0 unspecified atom stereocenters. The summed E-state index contributed by atoms with van der Waals surface area (Å²) in [6.45, 7) is 1.68. The van der Waals surface area contributed by atoms with E-state index in [0.717, 1.165) is 0 Å². The summed E-state index contributed by atoms with van der Waals surface area (Å²) in [5, 5.41) is 17.6. The molecule has 2 aromatic rings. The number of nitrogens with one attached hydrogen (secondary N) is 2. The molecular weight excluding hydrogens is 338 g/mol. The summed E-state index contributed by atoms with van der Waals surface area (Å²) < 4.78 is 5.22. The maximum Gasteiger partial charge on any atom is 0.274 e. The van der Waals surface area contributed by atoms with Gasteiger partial charge in [0, 0.05) is 22.3 Å². The molecule has 23 heavy (non-hydrogen) atoms. The first-order chi connectivity index (χ1) is 10.9. The third-order valence-corrected chi connectivity index (χ3v) is 3.51. The van der Waals surface area contributed by atoms with Crippen LogP contribution in [-0.4, -0.2) is 17.1 Å². The van der Waals surface area contributed by atoms with Gasteiger partial charge in [0.1, 0.15) is 5.75 Å². The fourth-order valence-corrected chi connectivity index (χ4v) is 2.35. The molecule has 6 nitrogen and oxygen atoms in total. The topological polar surface area (TPSA) is 76.4 Å². The monoisotopic (exact) mass is 351 g/mol. The van der Waals surface area contributed by atoms with Gasteiger partial charge in [-0.3, -0.25) is 10.1 Å². The first-order valence-corrected chi connectivity index (χ1v) is 7.36. The number of hydrogen-bond acceptors (Lipinski definition) is 4. The van der Waals surface area contributed by atoms with E-state index in [-0.39, 0.29) is 10.8 Å². The van der Waals surface area contributed by atoms with Crippen LogP contribution in [0.1, 0.15) is 5.56 Å². The Morgan fingerprint density at radius 3 is 2.65 bits per heavy atom. The Labute approximate surface area is 143 Å². The standard InChI is InChI=1S/C15H14ClN3O3S/c1-9-3-5-11(8-13(9)19(20)21)17-15(23)18-12-7-10(16)4-6-14(12)22-2/h3-8H,1-2H3,(H2,17,18,23). The largest absolute Gasteiger partial charge is 0.495 e. The van der Waals surface area contributed by atoms with Crippen LogP contribution in [0.5, 0.6) is 5.75 Å². The number of nitro benzene ring substituents is 1. The van der Waals surface area contributed by atoms with Crippen molar-refractivity contribution < 1.29 is 9.66 Å². The molecule has 2 N–H and O–H groups in total. The van der Waals surface area contributed by atoms with Crippen molar-refractivity contribution in [3.05, 3.63) is 57.1 Å². The van der Waals surface area contributed by atoms with Gasteiger partial charge in [0.15, 0.2) is 5.11 Å². The number of anilines is 2. The molecule has 0 saturated heterocycles. The lowest BCUT2D eigenvalue weighted by Gasteiger charge is -2.14. The minimum absolute atomic E-state index is 0.0261. The quantitative estimate of drug-likeness (QED) is 0.484. The van der Waals surface area contributed by atoms with Gasteiger partial charge < -0.3 is 15.4 Å². The summed E-state index contributed by atoms with van der Waals surface area (Å²) in [5.41, 5.74) is 1.72. The Morgan fingerprint density at radius 2 is 2.00 bits per heavy atom. The van der Waals surface area contributed by atoms with Crippen molar-refractivity contribution >= 4 is 46.0 Å². The number of aryl methyl sites for hydroxylation is 1. The smallest absolute Gasteiger partial charge is 0.274 e. The number of hydrogen-bond donors (Lipinski definition) is 2. The van der Waals surface area contributed by atoms with Gasteiger partial charge in [-0.2, -0.15) is 0 Å². The van der Waals surface area contributed by atoms with Crippen molar-refractivity contribution in [3.63, 3.8) is 0 Å². The van der Waals surface area contributed by atoms with Crippen LogP contribution in [0.15, 0.2) is 36.4 Å². The molecule has 0 radical (unpaired) electrons. The number of rotatable bonds is 4. The Balaban J connectivity index is 2.16. The third kappa shape index (κ3) is 4.30. The second-order valence-corrected chi connectivity index (χ2v) is 5.53. The molecule has 0 heterocycles. The zero-order chi connectivity index (χ0) is 17.0. The van der Waals surface area contributed by atoms with Crippen molar-refractivity contribution in [2.24, 2.45) is 0 Å². The SMILES string of the molecule is COc1ccc(Cl)cc1NC(=S)Nc1ccc(C)c([N+](=O)[O-])c1. The molecule has 0 aliphatic carbocycles. The van der Waals surface area contributed by atoms with Crippen LogP contribution in [0.4, 0.5) is 17.1 Å².